The van der Waals surface area contributed by atoms with Gasteiger partial charge in [-0.05, 0) is 0 Å². The van der Waals surface area contributed by atoms with Gasteiger partial charge < -0.3 is 14.8 Å². The smallest absolute Gasteiger partial charge is 0.338 e. The van der Waals surface area contributed by atoms with Gasteiger partial charge in [-0.25, -0.2) is 4.79 Å². The van der Waals surface area contributed by atoms with Crippen LogP contribution in [0.3, 0.4) is 0 Å². The first kappa shape index (κ1) is 9.97. The Morgan fingerprint density at radius 2 is 2.31 bits per heavy atom. The number of amides is 1. The van der Waals surface area contributed by atoms with Crippen LogP contribution in [0.15, 0.2) is 29.1 Å². The zero-order chi connectivity index (χ0) is 11.5. The monoisotopic (exact) mass is 221 g/mol. The molecule has 2 heterocycles. The molecule has 2 aromatic rings. The Kier molecular flexibility index (Phi) is 2.42. The lowest BCUT2D eigenvalue weighted by Crippen LogP contribution is -2.10. The van der Waals surface area contributed by atoms with E-state index in [1.165, 1.54) is 12.4 Å². The Morgan fingerprint density at radius 1 is 1.50 bits per heavy atom. The topological polar surface area (TPSA) is 108 Å². The van der Waals surface area contributed by atoms with Crippen molar-refractivity contribution in [2.24, 2.45) is 0 Å². The molecule has 16 heavy (non-hydrogen) atoms. The molecule has 0 aliphatic carbocycles. The summed E-state index contributed by atoms with van der Waals surface area (Å²) in [5.41, 5.74) is 0.399. The van der Waals surface area contributed by atoms with Gasteiger partial charge in [-0.1, -0.05) is 0 Å². The molecule has 7 nitrogen and oxygen atoms in total. The van der Waals surface area contributed by atoms with Crippen LogP contribution in [-0.4, -0.2) is 27.2 Å². The van der Waals surface area contributed by atoms with Crippen LogP contribution in [0.5, 0.6) is 0 Å². The third-order valence-electron chi connectivity index (χ3n) is 1.83. The second kappa shape index (κ2) is 3.89. The molecule has 0 unspecified atom stereocenters. The molecule has 0 saturated heterocycles. The van der Waals surface area contributed by atoms with Crippen molar-refractivity contribution >= 4 is 17.6 Å². The molecular weight excluding hydrogens is 214 g/mol. The first-order chi connectivity index (χ1) is 7.66. The summed E-state index contributed by atoms with van der Waals surface area (Å²) < 4.78 is 4.81. The summed E-state index contributed by atoms with van der Waals surface area (Å²) in [6, 6.07) is 1.15. The minimum atomic E-state index is -1.15. The van der Waals surface area contributed by atoms with Crippen molar-refractivity contribution in [1.29, 1.82) is 0 Å². The summed E-state index contributed by atoms with van der Waals surface area (Å²) in [6.07, 6.45) is 3.91. The van der Waals surface area contributed by atoms with Gasteiger partial charge >= 0.3 is 5.97 Å². The summed E-state index contributed by atoms with van der Waals surface area (Å²) in [7, 11) is 0. The van der Waals surface area contributed by atoms with Crippen molar-refractivity contribution in [3.63, 3.8) is 0 Å². The maximum absolute atomic E-state index is 11.5. The molecule has 0 atom stereocenters. The summed E-state index contributed by atoms with van der Waals surface area (Å²) in [6.45, 7) is 0. The number of furan rings is 1. The lowest BCUT2D eigenvalue weighted by Gasteiger charge is -1.96. The highest BCUT2D eigenvalue weighted by atomic mass is 16.4. The number of carboxylic acids is 1. The van der Waals surface area contributed by atoms with Crippen molar-refractivity contribution in [1.82, 2.24) is 10.2 Å². The minimum Gasteiger partial charge on any atom is -0.478 e. The number of carbonyl (C=O) groups is 2. The van der Waals surface area contributed by atoms with E-state index in [-0.39, 0.29) is 11.3 Å². The highest BCUT2D eigenvalue weighted by molar-refractivity contribution is 6.03. The molecular formula is C9H7N3O4. The van der Waals surface area contributed by atoms with Gasteiger partial charge in [-0.2, -0.15) is 5.10 Å². The van der Waals surface area contributed by atoms with Crippen molar-refractivity contribution < 1.29 is 19.1 Å². The lowest BCUT2D eigenvalue weighted by atomic mass is 10.3. The molecule has 0 fully saturated rings. The first-order valence-electron chi connectivity index (χ1n) is 4.29. The van der Waals surface area contributed by atoms with Gasteiger partial charge in [0.2, 0.25) is 0 Å². The normalized spacial score (nSPS) is 10.0. The molecule has 0 bridgehead atoms. The quantitative estimate of drug-likeness (QED) is 0.715. The van der Waals surface area contributed by atoms with Gasteiger partial charge in [0.15, 0.2) is 5.76 Å². The Bertz CT molecular complexity index is 515. The summed E-state index contributed by atoms with van der Waals surface area (Å²) >= 11 is 0. The van der Waals surface area contributed by atoms with Gasteiger partial charge in [-0.15, -0.1) is 0 Å². The molecule has 2 aromatic heterocycles. The maximum Gasteiger partial charge on any atom is 0.338 e. The van der Waals surface area contributed by atoms with E-state index in [0.717, 1.165) is 12.3 Å². The van der Waals surface area contributed by atoms with E-state index in [1.54, 1.807) is 0 Å². The van der Waals surface area contributed by atoms with Gasteiger partial charge in [0.05, 0.1) is 17.4 Å². The molecule has 3 N–H and O–H groups in total. The van der Waals surface area contributed by atoms with Crippen molar-refractivity contribution in [3.05, 3.63) is 36.0 Å². The SMILES string of the molecule is O=C(O)c1coc(C(=O)Nc2cn[nH]c2)c1. The van der Waals surface area contributed by atoms with Gasteiger partial charge in [0.1, 0.15) is 6.26 Å². The number of carbonyl (C=O) groups excluding carboxylic acids is 1. The number of H-pyrrole nitrogens is 1. The number of nitrogens with one attached hydrogen (secondary N) is 2. The highest BCUT2D eigenvalue weighted by Gasteiger charge is 2.14. The Balaban J connectivity index is 2.12. The molecule has 0 saturated carbocycles. The number of anilines is 1. The zero-order valence-corrected chi connectivity index (χ0v) is 7.93. The third-order valence-corrected chi connectivity index (χ3v) is 1.83. The summed E-state index contributed by atoms with van der Waals surface area (Å²) in [4.78, 5) is 22.1. The van der Waals surface area contributed by atoms with Gasteiger partial charge in [0, 0.05) is 12.3 Å². The van der Waals surface area contributed by atoms with E-state index >= 15 is 0 Å². The second-order valence-electron chi connectivity index (χ2n) is 2.95. The number of aromatic nitrogens is 2. The van der Waals surface area contributed by atoms with Crippen LogP contribution < -0.4 is 5.32 Å². The fourth-order valence-electron chi connectivity index (χ4n) is 1.08. The lowest BCUT2D eigenvalue weighted by molar-refractivity contribution is 0.0696. The Labute approximate surface area is 89.1 Å². The number of aromatic amines is 1. The predicted octanol–water partition coefficient (Wildman–Crippen LogP) is 0.953. The molecule has 0 radical (unpaired) electrons. The largest absolute Gasteiger partial charge is 0.478 e. The number of hydrogen-bond acceptors (Lipinski definition) is 4. The molecule has 0 spiro atoms. The summed E-state index contributed by atoms with van der Waals surface area (Å²) in [5, 5.41) is 17.3. The van der Waals surface area contributed by atoms with Crippen LogP contribution in [0.4, 0.5) is 5.69 Å². The summed E-state index contributed by atoms with van der Waals surface area (Å²) in [5.74, 6) is -1.75. The number of nitrogens with zero attached hydrogens (tertiary/aromatic N) is 1. The number of aromatic carboxylic acids is 1. The van der Waals surface area contributed by atoms with Crippen molar-refractivity contribution in [2.45, 2.75) is 0 Å². The fraction of sp³-hybridized carbons (Fsp3) is 0. The molecule has 2 rings (SSSR count). The zero-order valence-electron chi connectivity index (χ0n) is 7.93. The number of carboxylic acid groups (broad SMARTS) is 1. The van der Waals surface area contributed by atoms with Gasteiger partial charge in [0.25, 0.3) is 5.91 Å². The first-order valence-corrected chi connectivity index (χ1v) is 4.29. The number of hydrogen-bond donors (Lipinski definition) is 3. The Hall–Kier alpha value is -2.57. The highest BCUT2D eigenvalue weighted by Crippen LogP contribution is 2.10. The molecule has 1 amide bonds. The number of rotatable bonds is 3. The van der Waals surface area contributed by atoms with E-state index in [1.807, 2.05) is 0 Å². The third kappa shape index (κ3) is 1.92. The second-order valence-corrected chi connectivity index (χ2v) is 2.95. The predicted molar refractivity (Wildman–Crippen MR) is 52.2 cm³/mol. The van der Waals surface area contributed by atoms with Crippen LogP contribution in [0.2, 0.25) is 0 Å². The average Bonchev–Trinajstić information content (AvgIpc) is 2.86. The van der Waals surface area contributed by atoms with E-state index in [9.17, 15) is 9.59 Å². The maximum atomic E-state index is 11.5. The van der Waals surface area contributed by atoms with Crippen molar-refractivity contribution in [2.75, 3.05) is 5.32 Å². The molecule has 0 aliphatic rings. The molecule has 7 heteroatoms. The van der Waals surface area contributed by atoms with E-state index in [4.69, 9.17) is 9.52 Å². The van der Waals surface area contributed by atoms with Crippen LogP contribution in [0, 0.1) is 0 Å². The minimum absolute atomic E-state index is 0.0707. The van der Waals surface area contributed by atoms with Crippen LogP contribution in [-0.2, 0) is 0 Å². The molecule has 0 aliphatic heterocycles. The Morgan fingerprint density at radius 3 is 2.88 bits per heavy atom. The van der Waals surface area contributed by atoms with Crippen LogP contribution >= 0.6 is 0 Å². The van der Waals surface area contributed by atoms with Crippen LogP contribution in [0.1, 0.15) is 20.9 Å². The molecule has 0 aromatic carbocycles. The van der Waals surface area contributed by atoms with Gasteiger partial charge in [-0.3, -0.25) is 9.89 Å². The van der Waals surface area contributed by atoms with Crippen LogP contribution in [0.25, 0.3) is 0 Å². The fourth-order valence-corrected chi connectivity index (χ4v) is 1.08. The van der Waals surface area contributed by atoms with E-state index in [0.29, 0.717) is 5.69 Å². The van der Waals surface area contributed by atoms with E-state index in [2.05, 4.69) is 15.5 Å². The molecule has 82 valence electrons. The van der Waals surface area contributed by atoms with E-state index < -0.39 is 11.9 Å². The van der Waals surface area contributed by atoms with Crippen molar-refractivity contribution in [3.8, 4) is 0 Å². The average molecular weight is 221 g/mol. The standard InChI is InChI=1S/C9H7N3O4/c13-8(12-6-2-10-11-3-6)7-1-5(4-16-7)9(14)15/h1-4H,(H,10,11)(H,12,13)(H,14,15).